The quantitative estimate of drug-likeness (QED) is 0.585. The van der Waals surface area contributed by atoms with Gasteiger partial charge in [-0.25, -0.2) is 8.42 Å². The molecule has 0 bridgehead atoms. The van der Waals surface area contributed by atoms with E-state index in [0.29, 0.717) is 13.1 Å². The number of carbonyl (C=O) groups is 1. The Morgan fingerprint density at radius 3 is 2.29 bits per heavy atom. The van der Waals surface area contributed by atoms with Crippen molar-refractivity contribution in [3.63, 3.8) is 0 Å². The van der Waals surface area contributed by atoms with Crippen molar-refractivity contribution in [2.24, 2.45) is 5.73 Å². The van der Waals surface area contributed by atoms with E-state index in [1.807, 2.05) is 0 Å². The van der Waals surface area contributed by atoms with Gasteiger partial charge < -0.3 is 15.7 Å². The number of primary amides is 1. The lowest BCUT2D eigenvalue weighted by Gasteiger charge is -2.25. The summed E-state index contributed by atoms with van der Waals surface area (Å²) in [5.74, 6) is -0.857. The van der Waals surface area contributed by atoms with E-state index in [-0.39, 0.29) is 17.9 Å². The Kier molecular flexibility index (Phi) is 6.08. The lowest BCUT2D eigenvalue weighted by atomic mass is 10.1. The molecular weight excluding hydrogens is 244 g/mol. The van der Waals surface area contributed by atoms with Gasteiger partial charge in [-0.3, -0.25) is 4.79 Å². The average molecular weight is 266 g/mol. The Bertz CT molecular complexity index is 346. The van der Waals surface area contributed by atoms with E-state index in [0.717, 1.165) is 0 Å². The number of nitrogens with zero attached hydrogens (tertiary/aromatic N) is 1. The zero-order valence-electron chi connectivity index (χ0n) is 10.6. The monoisotopic (exact) mass is 266 g/mol. The van der Waals surface area contributed by atoms with Crippen molar-refractivity contribution < 1.29 is 18.3 Å². The van der Waals surface area contributed by atoms with E-state index in [1.165, 1.54) is 0 Å². The molecule has 0 aromatic heterocycles. The van der Waals surface area contributed by atoms with Crippen LogP contribution in [0.1, 0.15) is 20.3 Å². The highest BCUT2D eigenvalue weighted by Gasteiger charge is 2.18. The van der Waals surface area contributed by atoms with Crippen LogP contribution in [0.15, 0.2) is 0 Å². The minimum atomic E-state index is -3.25. The number of hydrogen-bond donors (Lipinski definition) is 2. The molecule has 0 aliphatic rings. The van der Waals surface area contributed by atoms with E-state index in [4.69, 9.17) is 5.73 Å². The molecular formula is C10H22N2O4S. The molecule has 17 heavy (non-hydrogen) atoms. The van der Waals surface area contributed by atoms with Crippen molar-refractivity contribution >= 4 is 15.7 Å². The topological polar surface area (TPSA) is 101 Å². The van der Waals surface area contributed by atoms with E-state index in [1.54, 1.807) is 25.8 Å². The zero-order valence-corrected chi connectivity index (χ0v) is 11.5. The Labute approximate surface area is 103 Å². The van der Waals surface area contributed by atoms with Crippen molar-refractivity contribution in [3.05, 3.63) is 0 Å². The largest absolute Gasteiger partial charge is 0.389 e. The van der Waals surface area contributed by atoms with Crippen LogP contribution in [0.25, 0.3) is 0 Å². The maximum Gasteiger partial charge on any atom is 0.218 e. The van der Waals surface area contributed by atoms with Gasteiger partial charge in [0.2, 0.25) is 5.91 Å². The molecule has 0 aliphatic heterocycles. The molecule has 1 amide bonds. The second-order valence-corrected chi connectivity index (χ2v) is 7.22. The molecule has 0 aromatic rings. The van der Waals surface area contributed by atoms with Crippen molar-refractivity contribution in [1.29, 1.82) is 0 Å². The standard InChI is InChI=1S/C10H22N2O4S/c1-10(2,14)8-12(3)5-7-17(15,16)6-4-9(11)13/h14H,4-8H2,1-3H3,(H2,11,13). The van der Waals surface area contributed by atoms with Gasteiger partial charge in [-0.2, -0.15) is 0 Å². The molecule has 0 spiro atoms. The molecule has 3 N–H and O–H groups in total. The first-order valence-electron chi connectivity index (χ1n) is 5.41. The average Bonchev–Trinajstić information content (AvgIpc) is 2.09. The van der Waals surface area contributed by atoms with E-state index in [9.17, 15) is 18.3 Å². The van der Waals surface area contributed by atoms with Crippen molar-refractivity contribution in [2.75, 3.05) is 31.6 Å². The molecule has 0 fully saturated rings. The fraction of sp³-hybridized carbons (Fsp3) is 0.900. The van der Waals surface area contributed by atoms with Gasteiger partial charge in [0.25, 0.3) is 0 Å². The Morgan fingerprint density at radius 2 is 1.88 bits per heavy atom. The Morgan fingerprint density at radius 1 is 1.35 bits per heavy atom. The first kappa shape index (κ1) is 16.3. The SMILES string of the molecule is CN(CCS(=O)(=O)CCC(N)=O)CC(C)(C)O. The Balaban J connectivity index is 4.06. The van der Waals surface area contributed by atoms with Crippen LogP contribution in [0.2, 0.25) is 0 Å². The van der Waals surface area contributed by atoms with Crippen LogP contribution in [-0.4, -0.2) is 61.6 Å². The van der Waals surface area contributed by atoms with Crippen molar-refractivity contribution in [2.45, 2.75) is 25.9 Å². The second kappa shape index (κ2) is 6.32. The highest BCUT2D eigenvalue weighted by Crippen LogP contribution is 2.03. The van der Waals surface area contributed by atoms with Gasteiger partial charge in [-0.05, 0) is 20.9 Å². The summed E-state index contributed by atoms with van der Waals surface area (Å²) in [5, 5.41) is 9.54. The zero-order chi connectivity index (χ0) is 13.7. The fourth-order valence-corrected chi connectivity index (χ4v) is 2.70. The van der Waals surface area contributed by atoms with Crippen molar-refractivity contribution in [3.8, 4) is 0 Å². The summed E-state index contributed by atoms with van der Waals surface area (Å²) >= 11 is 0. The highest BCUT2D eigenvalue weighted by atomic mass is 32.2. The minimum Gasteiger partial charge on any atom is -0.389 e. The fourth-order valence-electron chi connectivity index (χ4n) is 1.39. The van der Waals surface area contributed by atoms with Gasteiger partial charge in [0.1, 0.15) is 0 Å². The third-order valence-corrected chi connectivity index (χ3v) is 3.73. The van der Waals surface area contributed by atoms with Crippen LogP contribution in [0, 0.1) is 0 Å². The number of rotatable bonds is 8. The lowest BCUT2D eigenvalue weighted by Crippen LogP contribution is -2.38. The van der Waals surface area contributed by atoms with E-state index >= 15 is 0 Å². The van der Waals surface area contributed by atoms with Crippen LogP contribution >= 0.6 is 0 Å². The summed E-state index contributed by atoms with van der Waals surface area (Å²) in [7, 11) is -1.51. The number of sulfone groups is 1. The highest BCUT2D eigenvalue weighted by molar-refractivity contribution is 7.91. The second-order valence-electron chi connectivity index (χ2n) is 4.92. The number of amides is 1. The predicted molar refractivity (Wildman–Crippen MR) is 66.3 cm³/mol. The number of likely N-dealkylation sites (N-methyl/N-ethyl adjacent to an activating group) is 1. The molecule has 0 radical (unpaired) electrons. The maximum atomic E-state index is 11.5. The molecule has 6 nitrogen and oxygen atoms in total. The summed E-state index contributed by atoms with van der Waals surface area (Å²) in [6, 6.07) is 0. The third-order valence-electron chi connectivity index (χ3n) is 2.10. The molecule has 0 rings (SSSR count). The van der Waals surface area contributed by atoms with Gasteiger partial charge in [-0.1, -0.05) is 0 Å². The molecule has 0 unspecified atom stereocenters. The van der Waals surface area contributed by atoms with Crippen LogP contribution in [0.4, 0.5) is 0 Å². The molecule has 102 valence electrons. The van der Waals surface area contributed by atoms with Gasteiger partial charge in [-0.15, -0.1) is 0 Å². The molecule has 0 saturated carbocycles. The first-order chi connectivity index (χ1) is 7.52. The van der Waals surface area contributed by atoms with E-state index < -0.39 is 21.3 Å². The number of nitrogens with two attached hydrogens (primary N) is 1. The summed E-state index contributed by atoms with van der Waals surface area (Å²) < 4.78 is 23.0. The summed E-state index contributed by atoms with van der Waals surface area (Å²) in [6.45, 7) is 4.03. The van der Waals surface area contributed by atoms with Crippen LogP contribution < -0.4 is 5.73 Å². The smallest absolute Gasteiger partial charge is 0.218 e. The van der Waals surface area contributed by atoms with Crippen LogP contribution in [-0.2, 0) is 14.6 Å². The molecule has 0 heterocycles. The van der Waals surface area contributed by atoms with Gasteiger partial charge in [0.15, 0.2) is 9.84 Å². The van der Waals surface area contributed by atoms with Gasteiger partial charge in [0.05, 0.1) is 17.1 Å². The molecule has 0 atom stereocenters. The molecule has 0 saturated heterocycles. The van der Waals surface area contributed by atoms with E-state index in [2.05, 4.69) is 0 Å². The Hall–Kier alpha value is -0.660. The maximum absolute atomic E-state index is 11.5. The number of hydrogen-bond acceptors (Lipinski definition) is 5. The third kappa shape index (κ3) is 10.2. The number of aliphatic hydroxyl groups is 1. The lowest BCUT2D eigenvalue weighted by molar-refractivity contribution is -0.117. The molecule has 0 aromatic carbocycles. The molecule has 7 heteroatoms. The normalized spacial score (nSPS) is 13.0. The minimum absolute atomic E-state index is 0.0349. The number of carbonyl (C=O) groups excluding carboxylic acids is 1. The van der Waals surface area contributed by atoms with Crippen LogP contribution in [0.3, 0.4) is 0 Å². The first-order valence-corrected chi connectivity index (χ1v) is 7.24. The summed E-state index contributed by atoms with van der Waals surface area (Å²) in [6.07, 6.45) is -0.141. The van der Waals surface area contributed by atoms with Crippen molar-refractivity contribution in [1.82, 2.24) is 4.90 Å². The van der Waals surface area contributed by atoms with Crippen LogP contribution in [0.5, 0.6) is 0 Å². The predicted octanol–water partition coefficient (Wildman–Crippen LogP) is -1.02. The molecule has 0 aliphatic carbocycles. The van der Waals surface area contributed by atoms with Gasteiger partial charge in [0, 0.05) is 19.5 Å². The van der Waals surface area contributed by atoms with Gasteiger partial charge >= 0.3 is 0 Å². The summed E-state index contributed by atoms with van der Waals surface area (Å²) in [5.41, 5.74) is 4.04. The summed E-state index contributed by atoms with van der Waals surface area (Å²) in [4.78, 5) is 12.2.